The van der Waals surface area contributed by atoms with E-state index in [0.29, 0.717) is 11.1 Å². The Morgan fingerprint density at radius 3 is 2.67 bits per heavy atom. The number of hydrogen-bond donors (Lipinski definition) is 1. The number of fused-ring (bicyclic) bond motifs is 2. The second-order valence-electron chi connectivity index (χ2n) is 5.79. The van der Waals surface area contributed by atoms with Crippen molar-refractivity contribution in [2.75, 3.05) is 25.7 Å². The van der Waals surface area contributed by atoms with Gasteiger partial charge in [-0.05, 0) is 30.1 Å². The van der Waals surface area contributed by atoms with Crippen LogP contribution < -0.4 is 10.2 Å². The van der Waals surface area contributed by atoms with Gasteiger partial charge in [0.05, 0.1) is 12.2 Å². The third-order valence-electron chi connectivity index (χ3n) is 4.26. The molecule has 0 aromatic heterocycles. The zero-order chi connectivity index (χ0) is 14.7. The Bertz CT molecular complexity index is 813. The van der Waals surface area contributed by atoms with Crippen molar-refractivity contribution in [1.29, 1.82) is 0 Å². The largest absolute Gasteiger partial charge is 0.361 e. The van der Waals surface area contributed by atoms with Gasteiger partial charge in [0.25, 0.3) is 11.8 Å². The standard InChI is InChI=1S/C16H15N3O2/c1-18-7-12-9-4-3-5-10-14(9)11(16(21)17-15(10)20)6-13(12)19(2)8-18/h3-6H,7-8H2,1-2H3,(H,17,20,21). The van der Waals surface area contributed by atoms with Gasteiger partial charge in [0.2, 0.25) is 0 Å². The molecule has 0 spiro atoms. The Hall–Kier alpha value is -2.40. The SMILES string of the molecule is CN1Cc2c(cc3c4c(cccc24)C(=O)NC3=O)N(C)C1. The van der Waals surface area contributed by atoms with Gasteiger partial charge in [-0.1, -0.05) is 12.1 Å². The Morgan fingerprint density at radius 1 is 1.10 bits per heavy atom. The average molecular weight is 281 g/mol. The van der Waals surface area contributed by atoms with Crippen molar-refractivity contribution in [2.45, 2.75) is 6.54 Å². The minimum atomic E-state index is -0.310. The zero-order valence-corrected chi connectivity index (χ0v) is 11.9. The van der Waals surface area contributed by atoms with Gasteiger partial charge in [-0.3, -0.25) is 19.8 Å². The minimum Gasteiger partial charge on any atom is -0.361 e. The topological polar surface area (TPSA) is 52.7 Å². The third kappa shape index (κ3) is 1.61. The lowest BCUT2D eigenvalue weighted by Crippen LogP contribution is -2.39. The molecule has 5 heteroatoms. The van der Waals surface area contributed by atoms with Crippen LogP contribution in [0, 0.1) is 0 Å². The Balaban J connectivity index is 2.15. The fraction of sp³-hybridized carbons (Fsp3) is 0.250. The van der Waals surface area contributed by atoms with Crippen LogP contribution in [0.25, 0.3) is 10.8 Å². The van der Waals surface area contributed by atoms with E-state index < -0.39 is 0 Å². The molecule has 1 N–H and O–H groups in total. The molecule has 0 saturated heterocycles. The van der Waals surface area contributed by atoms with E-state index in [1.54, 1.807) is 6.07 Å². The van der Waals surface area contributed by atoms with Crippen LogP contribution in [0.1, 0.15) is 26.3 Å². The highest BCUT2D eigenvalue weighted by atomic mass is 16.2. The first-order valence-corrected chi connectivity index (χ1v) is 6.90. The summed E-state index contributed by atoms with van der Waals surface area (Å²) in [4.78, 5) is 28.5. The van der Waals surface area contributed by atoms with Crippen molar-refractivity contribution in [1.82, 2.24) is 10.2 Å². The Morgan fingerprint density at radius 2 is 1.86 bits per heavy atom. The highest BCUT2D eigenvalue weighted by Crippen LogP contribution is 2.37. The maximum Gasteiger partial charge on any atom is 0.258 e. The number of imide groups is 1. The Kier molecular flexibility index (Phi) is 2.38. The van der Waals surface area contributed by atoms with E-state index in [-0.39, 0.29) is 11.8 Å². The first-order valence-electron chi connectivity index (χ1n) is 6.90. The van der Waals surface area contributed by atoms with Gasteiger partial charge < -0.3 is 4.90 Å². The number of carbonyl (C=O) groups excluding carboxylic acids is 2. The third-order valence-corrected chi connectivity index (χ3v) is 4.26. The molecule has 0 radical (unpaired) electrons. The molecule has 0 atom stereocenters. The predicted molar refractivity (Wildman–Crippen MR) is 80.5 cm³/mol. The summed E-state index contributed by atoms with van der Waals surface area (Å²) in [6.45, 7) is 1.63. The summed E-state index contributed by atoms with van der Waals surface area (Å²) < 4.78 is 0. The van der Waals surface area contributed by atoms with Crippen LogP contribution in [0.15, 0.2) is 24.3 Å². The lowest BCUT2D eigenvalue weighted by molar-refractivity contribution is 0.0845. The van der Waals surface area contributed by atoms with Crippen LogP contribution in [0.3, 0.4) is 0 Å². The van der Waals surface area contributed by atoms with Crippen LogP contribution in [0.4, 0.5) is 5.69 Å². The van der Waals surface area contributed by atoms with Crippen molar-refractivity contribution in [3.8, 4) is 0 Å². The summed E-state index contributed by atoms with van der Waals surface area (Å²) in [6.07, 6.45) is 0. The maximum atomic E-state index is 12.2. The first kappa shape index (κ1) is 12.3. The van der Waals surface area contributed by atoms with Crippen LogP contribution in [-0.2, 0) is 6.54 Å². The van der Waals surface area contributed by atoms with E-state index in [9.17, 15) is 9.59 Å². The monoisotopic (exact) mass is 281 g/mol. The lowest BCUT2D eigenvalue weighted by atomic mass is 9.90. The van der Waals surface area contributed by atoms with Gasteiger partial charge in [0.15, 0.2) is 0 Å². The number of nitrogens with one attached hydrogen (secondary N) is 1. The number of rotatable bonds is 0. The van der Waals surface area contributed by atoms with Crippen molar-refractivity contribution in [2.24, 2.45) is 0 Å². The smallest absolute Gasteiger partial charge is 0.258 e. The molecule has 4 rings (SSSR count). The molecule has 2 aliphatic rings. The highest BCUT2D eigenvalue weighted by molar-refractivity contribution is 6.26. The number of carbonyl (C=O) groups is 2. The van der Waals surface area contributed by atoms with Crippen LogP contribution in [-0.4, -0.2) is 37.5 Å². The second kappa shape index (κ2) is 4.05. The fourth-order valence-electron chi connectivity index (χ4n) is 3.40. The molecule has 2 aromatic carbocycles. The summed E-state index contributed by atoms with van der Waals surface area (Å²) in [5, 5.41) is 4.21. The first-order chi connectivity index (χ1) is 10.1. The molecule has 0 aliphatic carbocycles. The van der Waals surface area contributed by atoms with Gasteiger partial charge in [0.1, 0.15) is 0 Å². The summed E-state index contributed by atoms with van der Waals surface area (Å²) in [5.74, 6) is -0.616. The molecule has 21 heavy (non-hydrogen) atoms. The average Bonchev–Trinajstić information content (AvgIpc) is 2.44. The number of anilines is 1. The summed E-state index contributed by atoms with van der Waals surface area (Å²) in [7, 11) is 4.08. The van der Waals surface area contributed by atoms with E-state index >= 15 is 0 Å². The van der Waals surface area contributed by atoms with Gasteiger partial charge in [-0.25, -0.2) is 0 Å². The molecule has 0 fully saturated rings. The summed E-state index contributed by atoms with van der Waals surface area (Å²) in [5.41, 5.74) is 3.42. The lowest BCUT2D eigenvalue weighted by Gasteiger charge is -2.35. The summed E-state index contributed by atoms with van der Waals surface area (Å²) >= 11 is 0. The molecule has 2 aliphatic heterocycles. The van der Waals surface area contributed by atoms with Crippen LogP contribution in [0.2, 0.25) is 0 Å². The van der Waals surface area contributed by atoms with E-state index in [1.165, 1.54) is 5.56 Å². The molecule has 106 valence electrons. The number of hydrogen-bond acceptors (Lipinski definition) is 4. The van der Waals surface area contributed by atoms with Gasteiger partial charge in [-0.2, -0.15) is 0 Å². The molecule has 2 amide bonds. The molecule has 0 bridgehead atoms. The van der Waals surface area contributed by atoms with Crippen molar-refractivity contribution < 1.29 is 9.59 Å². The number of benzene rings is 2. The van der Waals surface area contributed by atoms with Crippen molar-refractivity contribution >= 4 is 28.3 Å². The van der Waals surface area contributed by atoms with Crippen molar-refractivity contribution in [3.63, 3.8) is 0 Å². The molecule has 5 nitrogen and oxygen atoms in total. The van der Waals surface area contributed by atoms with Gasteiger partial charge in [0, 0.05) is 30.2 Å². The van der Waals surface area contributed by atoms with E-state index in [0.717, 1.165) is 29.7 Å². The fourth-order valence-corrected chi connectivity index (χ4v) is 3.40. The maximum absolute atomic E-state index is 12.2. The molecular formula is C16H15N3O2. The molecule has 2 aromatic rings. The second-order valence-corrected chi connectivity index (χ2v) is 5.79. The number of nitrogens with zero attached hydrogens (tertiary/aromatic N) is 2. The van der Waals surface area contributed by atoms with Gasteiger partial charge in [-0.15, -0.1) is 0 Å². The molecule has 0 saturated carbocycles. The minimum absolute atomic E-state index is 0.307. The normalized spacial score (nSPS) is 17.9. The zero-order valence-electron chi connectivity index (χ0n) is 11.9. The van der Waals surface area contributed by atoms with E-state index in [2.05, 4.69) is 22.2 Å². The van der Waals surface area contributed by atoms with Gasteiger partial charge >= 0.3 is 0 Å². The molecular weight excluding hydrogens is 266 g/mol. The predicted octanol–water partition coefficient (Wildman–Crippen LogP) is 1.56. The van der Waals surface area contributed by atoms with E-state index in [1.807, 2.05) is 25.2 Å². The summed E-state index contributed by atoms with van der Waals surface area (Å²) in [6, 6.07) is 7.57. The van der Waals surface area contributed by atoms with Crippen LogP contribution in [0.5, 0.6) is 0 Å². The quantitative estimate of drug-likeness (QED) is 0.745. The molecule has 0 unspecified atom stereocenters. The van der Waals surface area contributed by atoms with E-state index in [4.69, 9.17) is 0 Å². The Labute approximate surface area is 122 Å². The molecule has 2 heterocycles. The van der Waals surface area contributed by atoms with Crippen molar-refractivity contribution in [3.05, 3.63) is 41.0 Å². The number of amides is 2. The highest BCUT2D eigenvalue weighted by Gasteiger charge is 2.29. The van der Waals surface area contributed by atoms with Crippen LogP contribution >= 0.6 is 0 Å².